The first-order valence-corrected chi connectivity index (χ1v) is 5.24. The second kappa shape index (κ2) is 4.81. The number of aromatic nitrogens is 2. The predicted molar refractivity (Wildman–Crippen MR) is 63.0 cm³/mol. The lowest BCUT2D eigenvalue weighted by Crippen LogP contribution is -1.95. The minimum atomic E-state index is 0.181. The van der Waals surface area contributed by atoms with Crippen LogP contribution >= 0.6 is 11.6 Å². The zero-order valence-electron chi connectivity index (χ0n) is 9.01. The van der Waals surface area contributed by atoms with Gasteiger partial charge in [-0.25, -0.2) is 0 Å². The molecule has 0 N–H and O–H groups in total. The number of aryl methyl sites for hydroxylation is 1. The molecule has 2 aromatic rings. The lowest BCUT2D eigenvalue weighted by molar-refractivity contribution is 0.450. The van der Waals surface area contributed by atoms with Crippen molar-refractivity contribution >= 4 is 11.6 Å². The largest absolute Gasteiger partial charge is 0.436 e. The number of nitrogens with zero attached hydrogens (tertiary/aromatic N) is 3. The van der Waals surface area contributed by atoms with Gasteiger partial charge >= 0.3 is 0 Å². The van der Waals surface area contributed by atoms with E-state index in [1.165, 1.54) is 6.20 Å². The molecule has 0 aliphatic heterocycles. The fourth-order valence-electron chi connectivity index (χ4n) is 1.27. The van der Waals surface area contributed by atoms with Gasteiger partial charge < -0.3 is 4.74 Å². The van der Waals surface area contributed by atoms with Gasteiger partial charge in [-0.15, -0.1) is 5.10 Å². The maximum absolute atomic E-state index is 8.90. The van der Waals surface area contributed by atoms with E-state index in [2.05, 4.69) is 10.2 Å². The van der Waals surface area contributed by atoms with Crippen molar-refractivity contribution in [3.8, 4) is 17.7 Å². The second-order valence-corrected chi connectivity index (χ2v) is 3.81. The first-order valence-electron chi connectivity index (χ1n) is 4.86. The summed E-state index contributed by atoms with van der Waals surface area (Å²) in [5, 5.41) is 16.9. The van der Waals surface area contributed by atoms with Crippen LogP contribution in [0, 0.1) is 18.3 Å². The van der Waals surface area contributed by atoms with Crippen molar-refractivity contribution in [1.29, 1.82) is 5.26 Å². The van der Waals surface area contributed by atoms with Gasteiger partial charge in [0.15, 0.2) is 0 Å². The molecule has 2 rings (SSSR count). The quantitative estimate of drug-likeness (QED) is 0.816. The molecule has 1 aromatic carbocycles. The second-order valence-electron chi connectivity index (χ2n) is 3.37. The lowest BCUT2D eigenvalue weighted by Gasteiger charge is -2.08. The summed E-state index contributed by atoms with van der Waals surface area (Å²) in [5.74, 6) is 0.745. The molecule has 1 heterocycles. The SMILES string of the molecule is Cc1ccc(Cl)cc1Oc1nnccc1C#N. The van der Waals surface area contributed by atoms with E-state index in [4.69, 9.17) is 21.6 Å². The molecule has 0 amide bonds. The third-order valence-corrected chi connectivity index (χ3v) is 2.40. The Hall–Kier alpha value is -2.12. The fourth-order valence-corrected chi connectivity index (χ4v) is 1.43. The normalized spacial score (nSPS) is 9.71. The molecule has 1 aromatic heterocycles. The maximum Gasteiger partial charge on any atom is 0.256 e. The van der Waals surface area contributed by atoms with E-state index in [0.29, 0.717) is 16.3 Å². The number of hydrogen-bond donors (Lipinski definition) is 0. The highest BCUT2D eigenvalue weighted by Crippen LogP contribution is 2.27. The molecule has 5 heteroatoms. The lowest BCUT2D eigenvalue weighted by atomic mass is 10.2. The van der Waals surface area contributed by atoms with Gasteiger partial charge in [0.1, 0.15) is 17.4 Å². The predicted octanol–water partition coefficient (Wildman–Crippen LogP) is 3.10. The van der Waals surface area contributed by atoms with Gasteiger partial charge in [-0.3, -0.25) is 0 Å². The van der Waals surface area contributed by atoms with Gasteiger partial charge in [-0.05, 0) is 30.7 Å². The summed E-state index contributed by atoms with van der Waals surface area (Å²) in [4.78, 5) is 0. The van der Waals surface area contributed by atoms with Gasteiger partial charge in [0.2, 0.25) is 0 Å². The number of nitriles is 1. The Morgan fingerprint density at radius 2 is 2.18 bits per heavy atom. The molecule has 0 unspecified atom stereocenters. The van der Waals surface area contributed by atoms with E-state index in [0.717, 1.165) is 5.56 Å². The highest BCUT2D eigenvalue weighted by atomic mass is 35.5. The molecule has 0 saturated heterocycles. The van der Waals surface area contributed by atoms with Crippen molar-refractivity contribution in [1.82, 2.24) is 10.2 Å². The summed E-state index contributed by atoms with van der Waals surface area (Å²) in [7, 11) is 0. The standard InChI is InChI=1S/C12H8ClN3O/c1-8-2-3-10(13)6-11(8)17-12-9(7-14)4-5-15-16-12/h2-6H,1H3. The van der Waals surface area contributed by atoms with E-state index in [9.17, 15) is 0 Å². The molecule has 0 fully saturated rings. The Kier molecular flexibility index (Phi) is 3.22. The van der Waals surface area contributed by atoms with Crippen molar-refractivity contribution < 1.29 is 4.74 Å². The van der Waals surface area contributed by atoms with Crippen LogP contribution in [0.5, 0.6) is 11.6 Å². The maximum atomic E-state index is 8.90. The van der Waals surface area contributed by atoms with Crippen molar-refractivity contribution in [3.63, 3.8) is 0 Å². The zero-order chi connectivity index (χ0) is 12.3. The molecule has 0 saturated carbocycles. The molecule has 0 aliphatic carbocycles. The molecule has 0 bridgehead atoms. The Morgan fingerprint density at radius 1 is 1.35 bits per heavy atom. The minimum Gasteiger partial charge on any atom is -0.436 e. The third kappa shape index (κ3) is 2.52. The molecule has 0 atom stereocenters. The van der Waals surface area contributed by atoms with Crippen LogP contribution in [-0.4, -0.2) is 10.2 Å². The molecular weight excluding hydrogens is 238 g/mol. The van der Waals surface area contributed by atoms with Crippen LogP contribution in [0.25, 0.3) is 0 Å². The molecule has 17 heavy (non-hydrogen) atoms. The smallest absolute Gasteiger partial charge is 0.256 e. The Bertz CT molecular complexity index is 593. The topological polar surface area (TPSA) is 58.8 Å². The highest BCUT2D eigenvalue weighted by molar-refractivity contribution is 6.30. The molecule has 84 valence electrons. The van der Waals surface area contributed by atoms with Gasteiger partial charge in [0.25, 0.3) is 5.88 Å². The summed E-state index contributed by atoms with van der Waals surface area (Å²) in [6.45, 7) is 1.88. The number of hydrogen-bond acceptors (Lipinski definition) is 4. The zero-order valence-corrected chi connectivity index (χ0v) is 9.77. The minimum absolute atomic E-state index is 0.181. The van der Waals surface area contributed by atoms with Crippen LogP contribution in [0.15, 0.2) is 30.5 Å². The highest BCUT2D eigenvalue weighted by Gasteiger charge is 2.08. The first kappa shape index (κ1) is 11.4. The van der Waals surface area contributed by atoms with Crippen LogP contribution in [0.2, 0.25) is 5.02 Å². The third-order valence-electron chi connectivity index (χ3n) is 2.16. The Morgan fingerprint density at radius 3 is 2.94 bits per heavy atom. The van der Waals surface area contributed by atoms with Gasteiger partial charge in [0, 0.05) is 5.02 Å². The fraction of sp³-hybridized carbons (Fsp3) is 0.0833. The van der Waals surface area contributed by atoms with Crippen molar-refractivity contribution in [2.45, 2.75) is 6.92 Å². The summed E-state index contributed by atoms with van der Waals surface area (Å²) in [6, 6.07) is 8.81. The van der Waals surface area contributed by atoms with Gasteiger partial charge in [-0.2, -0.15) is 10.4 Å². The molecule has 0 spiro atoms. The monoisotopic (exact) mass is 245 g/mol. The van der Waals surface area contributed by atoms with Crippen LogP contribution < -0.4 is 4.74 Å². The average molecular weight is 246 g/mol. The average Bonchev–Trinajstić information content (AvgIpc) is 2.34. The van der Waals surface area contributed by atoms with Crippen molar-refractivity contribution in [2.24, 2.45) is 0 Å². The number of rotatable bonds is 2. The van der Waals surface area contributed by atoms with Gasteiger partial charge in [0.05, 0.1) is 6.20 Å². The Labute approximate surface area is 103 Å². The summed E-state index contributed by atoms with van der Waals surface area (Å²) in [6.07, 6.45) is 1.44. The summed E-state index contributed by atoms with van der Waals surface area (Å²) in [5.41, 5.74) is 1.24. The van der Waals surface area contributed by atoms with Crippen LogP contribution in [0.3, 0.4) is 0 Å². The molecule has 0 aliphatic rings. The van der Waals surface area contributed by atoms with E-state index >= 15 is 0 Å². The molecule has 4 nitrogen and oxygen atoms in total. The van der Waals surface area contributed by atoms with E-state index in [1.807, 2.05) is 19.1 Å². The number of ether oxygens (including phenoxy) is 1. The molecular formula is C12H8ClN3O. The van der Waals surface area contributed by atoms with Gasteiger partial charge in [-0.1, -0.05) is 17.7 Å². The van der Waals surface area contributed by atoms with Crippen molar-refractivity contribution in [3.05, 3.63) is 46.6 Å². The summed E-state index contributed by atoms with van der Waals surface area (Å²) >= 11 is 5.88. The molecule has 0 radical (unpaired) electrons. The van der Waals surface area contributed by atoms with Crippen LogP contribution in [-0.2, 0) is 0 Å². The van der Waals surface area contributed by atoms with Crippen LogP contribution in [0.1, 0.15) is 11.1 Å². The van der Waals surface area contributed by atoms with E-state index in [-0.39, 0.29) is 5.88 Å². The number of benzene rings is 1. The number of halogens is 1. The van der Waals surface area contributed by atoms with Crippen LogP contribution in [0.4, 0.5) is 0 Å². The van der Waals surface area contributed by atoms with E-state index < -0.39 is 0 Å². The van der Waals surface area contributed by atoms with Crippen molar-refractivity contribution in [2.75, 3.05) is 0 Å². The summed E-state index contributed by atoms with van der Waals surface area (Å²) < 4.78 is 5.53. The Balaban J connectivity index is 2.38. The van der Waals surface area contributed by atoms with E-state index in [1.54, 1.807) is 18.2 Å². The first-order chi connectivity index (χ1) is 8.20.